The number of methoxy groups -OCH3 is 2. The van der Waals surface area contributed by atoms with Crippen LogP contribution in [0.1, 0.15) is 18.0 Å². The molecule has 0 aliphatic carbocycles. The molecule has 5 heteroatoms. The highest BCUT2D eigenvalue weighted by molar-refractivity contribution is 5.43. The maximum absolute atomic E-state index is 6.31. The minimum absolute atomic E-state index is 0.0343. The topological polar surface area (TPSA) is 57.0 Å². The van der Waals surface area contributed by atoms with Crippen LogP contribution in [-0.4, -0.2) is 52.0 Å². The van der Waals surface area contributed by atoms with Crippen LogP contribution < -0.4 is 15.2 Å². The normalized spacial score (nSPS) is 18.4. The Hall–Kier alpha value is -1.30. The molecule has 0 aromatic heterocycles. The highest BCUT2D eigenvalue weighted by atomic mass is 16.5. The fourth-order valence-electron chi connectivity index (χ4n) is 2.45. The van der Waals surface area contributed by atoms with E-state index in [2.05, 4.69) is 4.90 Å². The van der Waals surface area contributed by atoms with Gasteiger partial charge < -0.3 is 19.9 Å². The lowest BCUT2D eigenvalue weighted by molar-refractivity contribution is 0.140. The Morgan fingerprint density at radius 3 is 2.75 bits per heavy atom. The molecular weight excluding hydrogens is 256 g/mol. The zero-order valence-electron chi connectivity index (χ0n) is 12.3. The Morgan fingerprint density at radius 2 is 2.00 bits per heavy atom. The third kappa shape index (κ3) is 3.85. The van der Waals surface area contributed by atoms with Crippen LogP contribution in [0.5, 0.6) is 11.5 Å². The Labute approximate surface area is 120 Å². The second kappa shape index (κ2) is 7.47. The Morgan fingerprint density at radius 1 is 1.20 bits per heavy atom. The van der Waals surface area contributed by atoms with E-state index in [0.29, 0.717) is 0 Å². The molecule has 1 saturated heterocycles. The Balaban J connectivity index is 2.02. The number of nitrogens with zero attached hydrogens (tertiary/aromatic N) is 1. The number of benzene rings is 1. The molecule has 0 spiro atoms. The summed E-state index contributed by atoms with van der Waals surface area (Å²) in [5.74, 6) is 1.45. The molecule has 1 atom stereocenters. The first-order valence-electron chi connectivity index (χ1n) is 7.02. The van der Waals surface area contributed by atoms with E-state index in [1.165, 1.54) is 0 Å². The molecule has 1 heterocycles. The number of hydrogen-bond acceptors (Lipinski definition) is 5. The molecule has 1 aromatic rings. The first-order valence-corrected chi connectivity index (χ1v) is 7.02. The average molecular weight is 280 g/mol. The highest BCUT2D eigenvalue weighted by Crippen LogP contribution is 2.29. The third-order valence-corrected chi connectivity index (χ3v) is 3.61. The van der Waals surface area contributed by atoms with Crippen molar-refractivity contribution in [3.63, 3.8) is 0 Å². The molecule has 20 heavy (non-hydrogen) atoms. The van der Waals surface area contributed by atoms with Crippen molar-refractivity contribution in [3.05, 3.63) is 23.8 Å². The smallest absolute Gasteiger partial charge is 0.161 e. The molecule has 1 aliphatic rings. The molecule has 2 rings (SSSR count). The molecule has 0 amide bonds. The average Bonchev–Trinajstić information content (AvgIpc) is 2.75. The van der Waals surface area contributed by atoms with Gasteiger partial charge in [0.2, 0.25) is 0 Å². The van der Waals surface area contributed by atoms with Crippen molar-refractivity contribution in [2.45, 2.75) is 12.5 Å². The molecule has 0 saturated carbocycles. The second-order valence-corrected chi connectivity index (χ2v) is 4.99. The number of rotatable bonds is 5. The van der Waals surface area contributed by atoms with Crippen molar-refractivity contribution in [2.24, 2.45) is 5.73 Å². The zero-order chi connectivity index (χ0) is 14.4. The van der Waals surface area contributed by atoms with Gasteiger partial charge in [0.1, 0.15) is 0 Å². The van der Waals surface area contributed by atoms with Crippen molar-refractivity contribution < 1.29 is 14.2 Å². The van der Waals surface area contributed by atoms with Gasteiger partial charge in [0.05, 0.1) is 20.8 Å². The number of hydrogen-bond donors (Lipinski definition) is 1. The van der Waals surface area contributed by atoms with Gasteiger partial charge in [-0.2, -0.15) is 0 Å². The molecule has 0 bridgehead atoms. The van der Waals surface area contributed by atoms with Crippen LogP contribution in [0, 0.1) is 0 Å². The SMILES string of the molecule is COc1ccc(C(N)CN2CCCOCC2)cc1OC. The van der Waals surface area contributed by atoms with Crippen molar-refractivity contribution in [2.75, 3.05) is 47.1 Å². The minimum Gasteiger partial charge on any atom is -0.493 e. The Kier molecular flexibility index (Phi) is 5.64. The molecule has 5 nitrogen and oxygen atoms in total. The van der Waals surface area contributed by atoms with Gasteiger partial charge in [0.15, 0.2) is 11.5 Å². The van der Waals surface area contributed by atoms with Gasteiger partial charge >= 0.3 is 0 Å². The van der Waals surface area contributed by atoms with Crippen molar-refractivity contribution in [1.82, 2.24) is 4.90 Å². The molecule has 1 aromatic carbocycles. The predicted molar refractivity (Wildman–Crippen MR) is 78.4 cm³/mol. The summed E-state index contributed by atoms with van der Waals surface area (Å²) in [4.78, 5) is 2.36. The van der Waals surface area contributed by atoms with Crippen LogP contribution in [0.4, 0.5) is 0 Å². The quantitative estimate of drug-likeness (QED) is 0.884. The van der Waals surface area contributed by atoms with Gasteiger partial charge in [-0.05, 0) is 24.1 Å². The van der Waals surface area contributed by atoms with E-state index in [0.717, 1.165) is 56.3 Å². The lowest BCUT2D eigenvalue weighted by Gasteiger charge is -2.24. The van der Waals surface area contributed by atoms with Crippen LogP contribution >= 0.6 is 0 Å². The van der Waals surface area contributed by atoms with Crippen LogP contribution in [0.2, 0.25) is 0 Å². The molecule has 1 fully saturated rings. The fourth-order valence-corrected chi connectivity index (χ4v) is 2.45. The van der Waals surface area contributed by atoms with E-state index >= 15 is 0 Å². The van der Waals surface area contributed by atoms with Crippen molar-refractivity contribution >= 4 is 0 Å². The maximum Gasteiger partial charge on any atom is 0.161 e. The van der Waals surface area contributed by atoms with Crippen molar-refractivity contribution in [1.29, 1.82) is 0 Å². The first-order chi connectivity index (χ1) is 9.74. The molecule has 1 aliphatic heterocycles. The van der Waals surface area contributed by atoms with Gasteiger partial charge in [-0.15, -0.1) is 0 Å². The number of ether oxygens (including phenoxy) is 3. The van der Waals surface area contributed by atoms with E-state index in [-0.39, 0.29) is 6.04 Å². The molecule has 0 radical (unpaired) electrons. The summed E-state index contributed by atoms with van der Waals surface area (Å²) in [6.45, 7) is 4.46. The van der Waals surface area contributed by atoms with Crippen LogP contribution in [0.3, 0.4) is 0 Å². The fraction of sp³-hybridized carbons (Fsp3) is 0.600. The summed E-state index contributed by atoms with van der Waals surface area (Å²) in [5, 5.41) is 0. The molecule has 2 N–H and O–H groups in total. The number of nitrogens with two attached hydrogens (primary N) is 1. The maximum atomic E-state index is 6.31. The van der Waals surface area contributed by atoms with Gasteiger partial charge in [0, 0.05) is 32.3 Å². The van der Waals surface area contributed by atoms with Crippen molar-refractivity contribution in [3.8, 4) is 11.5 Å². The van der Waals surface area contributed by atoms with Crippen LogP contribution in [-0.2, 0) is 4.74 Å². The highest BCUT2D eigenvalue weighted by Gasteiger charge is 2.16. The summed E-state index contributed by atoms with van der Waals surface area (Å²) < 4.78 is 16.0. The monoisotopic (exact) mass is 280 g/mol. The zero-order valence-corrected chi connectivity index (χ0v) is 12.3. The molecule has 1 unspecified atom stereocenters. The minimum atomic E-state index is -0.0343. The summed E-state index contributed by atoms with van der Waals surface area (Å²) in [5.41, 5.74) is 7.38. The van der Waals surface area contributed by atoms with Crippen LogP contribution in [0.15, 0.2) is 18.2 Å². The van der Waals surface area contributed by atoms with E-state index < -0.39 is 0 Å². The van der Waals surface area contributed by atoms with Gasteiger partial charge in [0.25, 0.3) is 0 Å². The summed E-state index contributed by atoms with van der Waals surface area (Å²) >= 11 is 0. The second-order valence-electron chi connectivity index (χ2n) is 4.99. The standard InChI is InChI=1S/C15H24N2O3/c1-18-14-5-4-12(10-15(14)19-2)13(16)11-17-6-3-8-20-9-7-17/h4-5,10,13H,3,6-9,11,16H2,1-2H3. The summed E-state index contributed by atoms with van der Waals surface area (Å²) in [7, 11) is 3.27. The van der Waals surface area contributed by atoms with Gasteiger partial charge in [-0.3, -0.25) is 4.90 Å². The van der Waals surface area contributed by atoms with E-state index in [9.17, 15) is 0 Å². The predicted octanol–water partition coefficient (Wildman–Crippen LogP) is 1.43. The van der Waals surface area contributed by atoms with E-state index in [1.807, 2.05) is 18.2 Å². The lowest BCUT2D eigenvalue weighted by atomic mass is 10.1. The lowest BCUT2D eigenvalue weighted by Crippen LogP contribution is -2.34. The molecule has 112 valence electrons. The van der Waals surface area contributed by atoms with Gasteiger partial charge in [-0.1, -0.05) is 6.07 Å². The first kappa shape index (κ1) is 15.1. The molecular formula is C15H24N2O3. The summed E-state index contributed by atoms with van der Waals surface area (Å²) in [6, 6.07) is 5.82. The van der Waals surface area contributed by atoms with E-state index in [1.54, 1.807) is 14.2 Å². The van der Waals surface area contributed by atoms with E-state index in [4.69, 9.17) is 19.9 Å². The Bertz CT molecular complexity index is 418. The van der Waals surface area contributed by atoms with Gasteiger partial charge in [-0.25, -0.2) is 0 Å². The largest absolute Gasteiger partial charge is 0.493 e. The summed E-state index contributed by atoms with van der Waals surface area (Å²) in [6.07, 6.45) is 1.07. The third-order valence-electron chi connectivity index (χ3n) is 3.61. The van der Waals surface area contributed by atoms with Crippen LogP contribution in [0.25, 0.3) is 0 Å².